The molecule has 0 aliphatic heterocycles. The predicted molar refractivity (Wildman–Crippen MR) is 69.2 cm³/mol. The summed E-state index contributed by atoms with van der Waals surface area (Å²) in [6, 6.07) is 8.66. The second-order valence-corrected chi connectivity index (χ2v) is 4.53. The third-order valence-electron chi connectivity index (χ3n) is 2.42. The number of hydrogen-bond donors (Lipinski definition) is 1. The lowest BCUT2D eigenvalue weighted by Gasteiger charge is -2.00. The van der Waals surface area contributed by atoms with E-state index in [1.807, 2.05) is 19.1 Å². The summed E-state index contributed by atoms with van der Waals surface area (Å²) in [4.78, 5) is 0. The van der Waals surface area contributed by atoms with Crippen LogP contribution in [-0.2, 0) is 6.54 Å². The molecule has 17 heavy (non-hydrogen) atoms. The van der Waals surface area contributed by atoms with Crippen LogP contribution in [0.2, 0.25) is 0 Å². The minimum atomic E-state index is -0.270. The van der Waals surface area contributed by atoms with E-state index in [0.717, 1.165) is 23.6 Å². The van der Waals surface area contributed by atoms with Crippen molar-refractivity contribution in [2.24, 2.45) is 0 Å². The molecule has 0 radical (unpaired) electrons. The molecule has 1 heterocycles. The first-order valence-corrected chi connectivity index (χ1v) is 6.25. The van der Waals surface area contributed by atoms with Gasteiger partial charge in [0.25, 0.3) is 0 Å². The van der Waals surface area contributed by atoms with Crippen LogP contribution in [0.4, 0.5) is 4.39 Å². The van der Waals surface area contributed by atoms with Gasteiger partial charge in [0.05, 0.1) is 11.0 Å². The second-order valence-electron chi connectivity index (χ2n) is 3.68. The zero-order chi connectivity index (χ0) is 12.3. The minimum absolute atomic E-state index is 0.270. The summed E-state index contributed by atoms with van der Waals surface area (Å²) in [7, 11) is 0. The fourth-order valence-corrected chi connectivity index (χ4v) is 1.90. The molecular formula is C13H13BrFNO. The maximum Gasteiger partial charge on any atom is 0.137 e. The van der Waals surface area contributed by atoms with E-state index in [0.29, 0.717) is 11.0 Å². The normalized spacial score (nSPS) is 10.8. The molecule has 4 heteroatoms. The molecule has 0 saturated carbocycles. The number of nitrogens with one attached hydrogen (secondary N) is 1. The van der Waals surface area contributed by atoms with Crippen LogP contribution >= 0.6 is 15.9 Å². The molecule has 0 fully saturated rings. The van der Waals surface area contributed by atoms with E-state index in [1.54, 1.807) is 12.1 Å². The highest BCUT2D eigenvalue weighted by Crippen LogP contribution is 2.26. The van der Waals surface area contributed by atoms with E-state index in [1.165, 1.54) is 6.07 Å². The lowest BCUT2D eigenvalue weighted by molar-refractivity contribution is 0.498. The van der Waals surface area contributed by atoms with Crippen LogP contribution in [0.1, 0.15) is 12.7 Å². The van der Waals surface area contributed by atoms with Gasteiger partial charge in [0.2, 0.25) is 0 Å². The molecule has 2 rings (SSSR count). The minimum Gasteiger partial charge on any atom is -0.460 e. The smallest absolute Gasteiger partial charge is 0.137 e. The topological polar surface area (TPSA) is 25.2 Å². The van der Waals surface area contributed by atoms with Gasteiger partial charge in [-0.15, -0.1) is 0 Å². The van der Waals surface area contributed by atoms with Crippen molar-refractivity contribution in [3.05, 3.63) is 46.4 Å². The van der Waals surface area contributed by atoms with Crippen LogP contribution in [0.3, 0.4) is 0 Å². The highest BCUT2D eigenvalue weighted by Gasteiger charge is 2.07. The van der Waals surface area contributed by atoms with Gasteiger partial charge in [-0.2, -0.15) is 0 Å². The Morgan fingerprint density at radius 1 is 1.29 bits per heavy atom. The lowest BCUT2D eigenvalue weighted by atomic mass is 10.2. The molecule has 0 atom stereocenters. The quantitative estimate of drug-likeness (QED) is 0.924. The van der Waals surface area contributed by atoms with E-state index in [4.69, 9.17) is 4.42 Å². The van der Waals surface area contributed by atoms with Crippen molar-refractivity contribution in [3.8, 4) is 11.3 Å². The van der Waals surface area contributed by atoms with Crippen molar-refractivity contribution < 1.29 is 8.81 Å². The van der Waals surface area contributed by atoms with E-state index in [-0.39, 0.29) is 5.82 Å². The Balaban J connectivity index is 2.21. The molecule has 0 spiro atoms. The van der Waals surface area contributed by atoms with Crippen molar-refractivity contribution in [2.75, 3.05) is 6.54 Å². The number of furan rings is 1. The Morgan fingerprint density at radius 3 is 2.82 bits per heavy atom. The molecule has 0 saturated heterocycles. The molecule has 1 aromatic heterocycles. The molecule has 0 aliphatic carbocycles. The fourth-order valence-electron chi connectivity index (χ4n) is 1.53. The standard InChI is InChI=1S/C13H13BrFNO/c1-2-16-8-10-4-6-13(17-10)9-3-5-12(15)11(14)7-9/h3-7,16H,2,8H2,1H3. The molecule has 1 N–H and O–H groups in total. The summed E-state index contributed by atoms with van der Waals surface area (Å²) in [5.74, 6) is 1.36. The highest BCUT2D eigenvalue weighted by atomic mass is 79.9. The lowest BCUT2D eigenvalue weighted by Crippen LogP contribution is -2.10. The zero-order valence-corrected chi connectivity index (χ0v) is 11.1. The van der Waals surface area contributed by atoms with Gasteiger partial charge in [-0.05, 0) is 52.8 Å². The van der Waals surface area contributed by atoms with Crippen molar-refractivity contribution in [1.82, 2.24) is 5.32 Å². The van der Waals surface area contributed by atoms with Crippen LogP contribution in [0, 0.1) is 5.82 Å². The number of benzene rings is 1. The summed E-state index contributed by atoms with van der Waals surface area (Å²) in [6.45, 7) is 3.65. The average Bonchev–Trinajstić information content (AvgIpc) is 2.79. The highest BCUT2D eigenvalue weighted by molar-refractivity contribution is 9.10. The van der Waals surface area contributed by atoms with E-state index >= 15 is 0 Å². The summed E-state index contributed by atoms with van der Waals surface area (Å²) < 4.78 is 19.2. The summed E-state index contributed by atoms with van der Waals surface area (Å²) in [6.07, 6.45) is 0. The van der Waals surface area contributed by atoms with Crippen LogP contribution in [0.25, 0.3) is 11.3 Å². The number of rotatable bonds is 4. The second kappa shape index (κ2) is 5.47. The molecule has 0 amide bonds. The monoisotopic (exact) mass is 297 g/mol. The molecule has 0 aliphatic rings. The third-order valence-corrected chi connectivity index (χ3v) is 3.02. The molecule has 1 aromatic carbocycles. The molecule has 0 bridgehead atoms. The van der Waals surface area contributed by atoms with Gasteiger partial charge in [0, 0.05) is 5.56 Å². The molecule has 2 aromatic rings. The SMILES string of the molecule is CCNCc1ccc(-c2ccc(F)c(Br)c2)o1. The Morgan fingerprint density at radius 2 is 2.12 bits per heavy atom. The fraction of sp³-hybridized carbons (Fsp3) is 0.231. The summed E-state index contributed by atoms with van der Waals surface area (Å²) in [5.41, 5.74) is 0.862. The van der Waals surface area contributed by atoms with Gasteiger partial charge in [0.1, 0.15) is 17.3 Å². The zero-order valence-electron chi connectivity index (χ0n) is 9.47. The van der Waals surface area contributed by atoms with Gasteiger partial charge in [-0.3, -0.25) is 0 Å². The molecule has 2 nitrogen and oxygen atoms in total. The predicted octanol–water partition coefficient (Wildman–Crippen LogP) is 3.96. The summed E-state index contributed by atoms with van der Waals surface area (Å²) in [5, 5.41) is 3.19. The first kappa shape index (κ1) is 12.3. The first-order valence-electron chi connectivity index (χ1n) is 5.45. The maximum atomic E-state index is 13.1. The molecule has 90 valence electrons. The first-order chi connectivity index (χ1) is 8.20. The van der Waals surface area contributed by atoms with Crippen molar-refractivity contribution in [3.63, 3.8) is 0 Å². The van der Waals surface area contributed by atoms with Crippen molar-refractivity contribution in [2.45, 2.75) is 13.5 Å². The van der Waals surface area contributed by atoms with Crippen LogP contribution < -0.4 is 5.32 Å². The van der Waals surface area contributed by atoms with Gasteiger partial charge >= 0.3 is 0 Å². The molecule has 0 unspecified atom stereocenters. The Hall–Kier alpha value is -1.13. The Bertz CT molecular complexity index is 510. The number of hydrogen-bond acceptors (Lipinski definition) is 2. The largest absolute Gasteiger partial charge is 0.460 e. The average molecular weight is 298 g/mol. The van der Waals surface area contributed by atoms with E-state index in [2.05, 4.69) is 21.2 Å². The third kappa shape index (κ3) is 2.96. The number of halogens is 2. The van der Waals surface area contributed by atoms with Crippen molar-refractivity contribution in [1.29, 1.82) is 0 Å². The maximum absolute atomic E-state index is 13.1. The Kier molecular flexibility index (Phi) is 3.97. The van der Waals surface area contributed by atoms with Crippen molar-refractivity contribution >= 4 is 15.9 Å². The van der Waals surface area contributed by atoms with E-state index < -0.39 is 0 Å². The summed E-state index contributed by atoms with van der Waals surface area (Å²) >= 11 is 3.16. The van der Waals surface area contributed by atoms with Gasteiger partial charge in [-0.25, -0.2) is 4.39 Å². The van der Waals surface area contributed by atoms with Gasteiger partial charge in [-0.1, -0.05) is 6.92 Å². The van der Waals surface area contributed by atoms with Crippen LogP contribution in [-0.4, -0.2) is 6.54 Å². The van der Waals surface area contributed by atoms with E-state index in [9.17, 15) is 4.39 Å². The van der Waals surface area contributed by atoms with Gasteiger partial charge in [0.15, 0.2) is 0 Å². The van der Waals surface area contributed by atoms with Crippen LogP contribution in [0.15, 0.2) is 39.2 Å². The molecular weight excluding hydrogens is 285 g/mol. The Labute approximate surface area is 108 Å². The van der Waals surface area contributed by atoms with Crippen LogP contribution in [0.5, 0.6) is 0 Å². The van der Waals surface area contributed by atoms with Gasteiger partial charge < -0.3 is 9.73 Å².